The second-order valence-corrected chi connectivity index (χ2v) is 5.68. The zero-order valence-electron chi connectivity index (χ0n) is 13.5. The maximum atomic E-state index is 13.4. The summed E-state index contributed by atoms with van der Waals surface area (Å²) in [6.45, 7) is 9.84. The lowest BCUT2D eigenvalue weighted by molar-refractivity contribution is 0.00360. The third kappa shape index (κ3) is 5.71. The molecule has 4 heteroatoms. The first kappa shape index (κ1) is 18.1. The molecule has 0 bridgehead atoms. The molecule has 2 atom stereocenters. The van der Waals surface area contributed by atoms with Crippen LogP contribution >= 0.6 is 0 Å². The van der Waals surface area contributed by atoms with Crippen molar-refractivity contribution in [2.24, 2.45) is 5.92 Å². The van der Waals surface area contributed by atoms with E-state index in [2.05, 4.69) is 26.1 Å². The Morgan fingerprint density at radius 1 is 1.14 bits per heavy atom. The van der Waals surface area contributed by atoms with Gasteiger partial charge in [-0.05, 0) is 49.9 Å². The van der Waals surface area contributed by atoms with Crippen LogP contribution in [-0.4, -0.2) is 25.3 Å². The van der Waals surface area contributed by atoms with Crippen molar-refractivity contribution in [2.45, 2.75) is 52.7 Å². The van der Waals surface area contributed by atoms with Crippen LogP contribution in [0.15, 0.2) is 18.2 Å². The fourth-order valence-corrected chi connectivity index (χ4v) is 2.52. The molecule has 0 fully saturated rings. The third-order valence-corrected chi connectivity index (χ3v) is 3.51. The molecule has 0 aliphatic rings. The summed E-state index contributed by atoms with van der Waals surface area (Å²) in [5, 5.41) is 3.48. The molecule has 21 heavy (non-hydrogen) atoms. The van der Waals surface area contributed by atoms with Crippen LogP contribution in [0, 0.1) is 17.6 Å². The van der Waals surface area contributed by atoms with Gasteiger partial charge in [-0.2, -0.15) is 0 Å². The van der Waals surface area contributed by atoms with Crippen molar-refractivity contribution in [3.8, 4) is 0 Å². The Labute approximate surface area is 126 Å². The van der Waals surface area contributed by atoms with E-state index in [0.29, 0.717) is 18.9 Å². The maximum absolute atomic E-state index is 13.4. The summed E-state index contributed by atoms with van der Waals surface area (Å²) >= 11 is 0. The summed E-state index contributed by atoms with van der Waals surface area (Å²) in [7, 11) is 0. The molecule has 1 aromatic rings. The minimum absolute atomic E-state index is 0.0506. The van der Waals surface area contributed by atoms with Gasteiger partial charge in [0.15, 0.2) is 11.6 Å². The van der Waals surface area contributed by atoms with E-state index in [1.54, 1.807) is 6.07 Å². The van der Waals surface area contributed by atoms with Crippen molar-refractivity contribution >= 4 is 0 Å². The van der Waals surface area contributed by atoms with Crippen LogP contribution < -0.4 is 5.32 Å². The van der Waals surface area contributed by atoms with Gasteiger partial charge in [-0.25, -0.2) is 8.78 Å². The maximum Gasteiger partial charge on any atom is 0.159 e. The van der Waals surface area contributed by atoms with Crippen LogP contribution in [-0.2, 0) is 11.2 Å². The van der Waals surface area contributed by atoms with Gasteiger partial charge in [0.05, 0.1) is 6.10 Å². The summed E-state index contributed by atoms with van der Waals surface area (Å²) in [6, 6.07) is 4.20. The van der Waals surface area contributed by atoms with Gasteiger partial charge in [0, 0.05) is 12.6 Å². The van der Waals surface area contributed by atoms with Gasteiger partial charge >= 0.3 is 0 Å². The van der Waals surface area contributed by atoms with Crippen LogP contribution in [0.3, 0.4) is 0 Å². The number of nitrogens with one attached hydrogen (secondary N) is 1. The normalized spacial score (nSPS) is 14.4. The monoisotopic (exact) mass is 299 g/mol. The van der Waals surface area contributed by atoms with Gasteiger partial charge in [0.25, 0.3) is 0 Å². The molecule has 120 valence electrons. The highest BCUT2D eigenvalue weighted by atomic mass is 19.2. The van der Waals surface area contributed by atoms with E-state index in [1.165, 1.54) is 12.1 Å². The summed E-state index contributed by atoms with van der Waals surface area (Å²) in [5.74, 6) is -1.24. The molecule has 0 aliphatic carbocycles. The number of benzene rings is 1. The molecule has 0 radical (unpaired) electrons. The summed E-state index contributed by atoms with van der Waals surface area (Å²) in [4.78, 5) is 0. The molecule has 0 aromatic heterocycles. The number of hydrogen-bond acceptors (Lipinski definition) is 2. The fraction of sp³-hybridized carbons (Fsp3) is 0.647. The van der Waals surface area contributed by atoms with Gasteiger partial charge in [-0.3, -0.25) is 0 Å². The molecule has 1 rings (SSSR count). The fourth-order valence-electron chi connectivity index (χ4n) is 2.52. The summed E-state index contributed by atoms with van der Waals surface area (Å²) in [6.07, 6.45) is 1.69. The van der Waals surface area contributed by atoms with Crippen molar-refractivity contribution in [2.75, 3.05) is 13.2 Å². The van der Waals surface area contributed by atoms with E-state index in [1.807, 2.05) is 6.92 Å². The van der Waals surface area contributed by atoms with Gasteiger partial charge in [-0.1, -0.05) is 26.8 Å². The van der Waals surface area contributed by atoms with Crippen LogP contribution in [0.2, 0.25) is 0 Å². The molecule has 0 saturated carbocycles. The van der Waals surface area contributed by atoms with E-state index < -0.39 is 11.6 Å². The Balaban J connectivity index is 2.87. The standard InChI is InChI=1S/C17H27F2NO/c1-5-9-20-16(17(12(3)4)21-6-2)11-13-7-8-14(18)15(19)10-13/h7-8,10,12,16-17,20H,5-6,9,11H2,1-4H3. The summed E-state index contributed by atoms with van der Waals surface area (Å²) < 4.78 is 32.3. The Morgan fingerprint density at radius 2 is 1.86 bits per heavy atom. The van der Waals surface area contributed by atoms with Gasteiger partial charge in [0.2, 0.25) is 0 Å². The molecular weight excluding hydrogens is 272 g/mol. The molecule has 2 nitrogen and oxygen atoms in total. The highest BCUT2D eigenvalue weighted by Gasteiger charge is 2.25. The molecule has 0 aliphatic heterocycles. The second-order valence-electron chi connectivity index (χ2n) is 5.68. The topological polar surface area (TPSA) is 21.3 Å². The van der Waals surface area contributed by atoms with Crippen molar-refractivity contribution < 1.29 is 13.5 Å². The van der Waals surface area contributed by atoms with E-state index in [0.717, 1.165) is 18.5 Å². The minimum Gasteiger partial charge on any atom is -0.377 e. The smallest absolute Gasteiger partial charge is 0.159 e. The minimum atomic E-state index is -0.804. The molecule has 0 heterocycles. The number of halogens is 2. The Bertz CT molecular complexity index is 423. The van der Waals surface area contributed by atoms with Crippen LogP contribution in [0.1, 0.15) is 39.7 Å². The lowest BCUT2D eigenvalue weighted by atomic mass is 9.93. The largest absolute Gasteiger partial charge is 0.377 e. The molecule has 0 spiro atoms. The molecule has 2 unspecified atom stereocenters. The SMILES string of the molecule is CCCNC(Cc1ccc(F)c(F)c1)C(OCC)C(C)C. The van der Waals surface area contributed by atoms with Gasteiger partial charge in [-0.15, -0.1) is 0 Å². The Kier molecular flexibility index (Phi) is 7.83. The second kappa shape index (κ2) is 9.11. The van der Waals surface area contributed by atoms with Crippen molar-refractivity contribution in [1.29, 1.82) is 0 Å². The van der Waals surface area contributed by atoms with Crippen LogP contribution in [0.5, 0.6) is 0 Å². The molecule has 1 aromatic carbocycles. The third-order valence-electron chi connectivity index (χ3n) is 3.51. The Hall–Kier alpha value is -1.00. The average molecular weight is 299 g/mol. The number of hydrogen-bond donors (Lipinski definition) is 1. The molecule has 0 saturated heterocycles. The Morgan fingerprint density at radius 3 is 2.38 bits per heavy atom. The number of ether oxygens (including phenoxy) is 1. The highest BCUT2D eigenvalue weighted by Crippen LogP contribution is 2.17. The zero-order valence-corrected chi connectivity index (χ0v) is 13.5. The zero-order chi connectivity index (χ0) is 15.8. The predicted molar refractivity (Wildman–Crippen MR) is 82.4 cm³/mol. The highest BCUT2D eigenvalue weighted by molar-refractivity contribution is 5.19. The van der Waals surface area contributed by atoms with Gasteiger partial charge in [0.1, 0.15) is 0 Å². The predicted octanol–water partition coefficient (Wildman–Crippen LogP) is 3.94. The first-order valence-corrected chi connectivity index (χ1v) is 7.78. The molecular formula is C17H27F2NO. The lowest BCUT2D eigenvalue weighted by Crippen LogP contribution is -2.46. The van der Waals surface area contributed by atoms with E-state index in [9.17, 15) is 8.78 Å². The van der Waals surface area contributed by atoms with Crippen molar-refractivity contribution in [3.05, 3.63) is 35.4 Å². The number of rotatable bonds is 9. The van der Waals surface area contributed by atoms with E-state index in [-0.39, 0.29) is 12.1 Å². The van der Waals surface area contributed by atoms with Crippen LogP contribution in [0.4, 0.5) is 8.78 Å². The molecule has 1 N–H and O–H groups in total. The van der Waals surface area contributed by atoms with Gasteiger partial charge < -0.3 is 10.1 Å². The first-order chi connectivity index (χ1) is 9.99. The van der Waals surface area contributed by atoms with Crippen molar-refractivity contribution in [1.82, 2.24) is 5.32 Å². The molecule has 0 amide bonds. The quantitative estimate of drug-likeness (QED) is 0.746. The van der Waals surface area contributed by atoms with Crippen LogP contribution in [0.25, 0.3) is 0 Å². The van der Waals surface area contributed by atoms with E-state index >= 15 is 0 Å². The van der Waals surface area contributed by atoms with E-state index in [4.69, 9.17) is 4.74 Å². The lowest BCUT2D eigenvalue weighted by Gasteiger charge is -2.31. The van der Waals surface area contributed by atoms with Crippen molar-refractivity contribution in [3.63, 3.8) is 0 Å². The first-order valence-electron chi connectivity index (χ1n) is 7.78. The summed E-state index contributed by atoms with van der Waals surface area (Å²) in [5.41, 5.74) is 0.785. The average Bonchev–Trinajstić information content (AvgIpc) is 2.44.